The normalized spacial score (nSPS) is 24.9. The Hall–Kier alpha value is -1.87. The highest BCUT2D eigenvalue weighted by Gasteiger charge is 2.53. The Morgan fingerprint density at radius 3 is 3.08 bits per heavy atom. The summed E-state index contributed by atoms with van der Waals surface area (Å²) in [7, 11) is 0. The maximum absolute atomic E-state index is 12.5. The molecule has 0 unspecified atom stereocenters. The van der Waals surface area contributed by atoms with Crippen LogP contribution in [-0.4, -0.2) is 42.8 Å². The van der Waals surface area contributed by atoms with Gasteiger partial charge in [0, 0.05) is 28.9 Å². The van der Waals surface area contributed by atoms with Crippen molar-refractivity contribution >= 4 is 45.2 Å². The molecule has 4 rings (SSSR count). The molecule has 2 atom stereocenters. The van der Waals surface area contributed by atoms with Gasteiger partial charge in [-0.2, -0.15) is 0 Å². The second kappa shape index (κ2) is 6.38. The van der Waals surface area contributed by atoms with Crippen molar-refractivity contribution in [1.29, 1.82) is 0 Å². The summed E-state index contributed by atoms with van der Waals surface area (Å²) in [5.41, 5.74) is 0.610. The van der Waals surface area contributed by atoms with Crippen LogP contribution in [0.2, 0.25) is 0 Å². The van der Waals surface area contributed by atoms with Gasteiger partial charge in [0.25, 0.3) is 5.56 Å². The first-order valence-corrected chi connectivity index (χ1v) is 9.96. The number of hydrogen-bond donors (Lipinski definition) is 0. The van der Waals surface area contributed by atoms with Crippen molar-refractivity contribution in [3.8, 4) is 0 Å². The number of carbonyl (C=O) groups excluding carboxylic acids is 2. The zero-order valence-electron chi connectivity index (χ0n) is 14.0. The Balaban J connectivity index is 1.50. The van der Waals surface area contributed by atoms with E-state index in [0.29, 0.717) is 23.5 Å². The van der Waals surface area contributed by atoms with Gasteiger partial charge >= 0.3 is 5.97 Å². The van der Waals surface area contributed by atoms with Gasteiger partial charge in [-0.1, -0.05) is 0 Å². The van der Waals surface area contributed by atoms with E-state index in [1.54, 1.807) is 35.0 Å². The Morgan fingerprint density at radius 1 is 1.46 bits per heavy atom. The summed E-state index contributed by atoms with van der Waals surface area (Å²) in [5, 5.41) is 0. The highest BCUT2D eigenvalue weighted by atomic mass is 79.9. The average molecular weight is 438 g/mol. The minimum atomic E-state index is -0.572. The number of fused-ring (bicyclic) bond motifs is 2. The van der Waals surface area contributed by atoms with Crippen LogP contribution < -0.4 is 5.56 Å². The molecule has 4 heterocycles. The average Bonchev–Trinajstić information content (AvgIpc) is 3.10. The Bertz CT molecular complexity index is 978. The van der Waals surface area contributed by atoms with E-state index >= 15 is 0 Å². The van der Waals surface area contributed by atoms with Crippen LogP contribution in [0.3, 0.4) is 0 Å². The summed E-state index contributed by atoms with van der Waals surface area (Å²) in [5.74, 6) is 0.0736. The summed E-state index contributed by atoms with van der Waals surface area (Å²) < 4.78 is 7.56. The van der Waals surface area contributed by atoms with Gasteiger partial charge in [-0.25, -0.2) is 9.78 Å². The van der Waals surface area contributed by atoms with Crippen molar-refractivity contribution < 1.29 is 14.3 Å². The van der Waals surface area contributed by atoms with Crippen LogP contribution in [0.25, 0.3) is 5.65 Å². The molecule has 2 aromatic rings. The number of hydrogen-bond acceptors (Lipinski definition) is 6. The van der Waals surface area contributed by atoms with E-state index in [2.05, 4.69) is 20.9 Å². The summed E-state index contributed by atoms with van der Waals surface area (Å²) >= 11 is 4.93. The van der Waals surface area contributed by atoms with Crippen molar-refractivity contribution in [2.75, 3.05) is 5.75 Å². The second-order valence-electron chi connectivity index (χ2n) is 6.53. The molecule has 1 amide bonds. The van der Waals surface area contributed by atoms with Crippen LogP contribution in [0.5, 0.6) is 0 Å². The molecule has 2 aliphatic heterocycles. The van der Waals surface area contributed by atoms with Crippen molar-refractivity contribution in [3.05, 3.63) is 44.9 Å². The van der Waals surface area contributed by atoms with Gasteiger partial charge < -0.3 is 9.64 Å². The van der Waals surface area contributed by atoms with Crippen molar-refractivity contribution in [2.24, 2.45) is 0 Å². The molecule has 2 aromatic heterocycles. The molecule has 0 spiro atoms. The molecule has 0 aromatic carbocycles. The van der Waals surface area contributed by atoms with Crippen LogP contribution in [-0.2, 0) is 20.9 Å². The minimum absolute atomic E-state index is 0.00731. The number of halogens is 1. The molecule has 0 N–H and O–H groups in total. The summed E-state index contributed by atoms with van der Waals surface area (Å²) in [4.78, 5) is 42.5. The van der Waals surface area contributed by atoms with Gasteiger partial charge in [-0.15, -0.1) is 11.8 Å². The van der Waals surface area contributed by atoms with E-state index in [0.717, 1.165) is 10.9 Å². The van der Waals surface area contributed by atoms with Gasteiger partial charge in [0.2, 0.25) is 5.91 Å². The quantitative estimate of drug-likeness (QED) is 0.682. The predicted octanol–water partition coefficient (Wildman–Crippen LogP) is 1.95. The summed E-state index contributed by atoms with van der Waals surface area (Å²) in [6, 6.07) is 4.27. The van der Waals surface area contributed by atoms with Crippen molar-refractivity contribution in [2.45, 2.75) is 37.3 Å². The fourth-order valence-electron chi connectivity index (χ4n) is 3.44. The molecule has 0 bridgehead atoms. The molecule has 26 heavy (non-hydrogen) atoms. The van der Waals surface area contributed by atoms with Gasteiger partial charge in [-0.05, 0) is 41.4 Å². The minimum Gasteiger partial charge on any atom is -0.458 e. The number of nitrogens with zero attached hydrogens (tertiary/aromatic N) is 3. The van der Waals surface area contributed by atoms with Gasteiger partial charge in [0.05, 0.1) is 10.6 Å². The maximum atomic E-state index is 12.5. The molecule has 2 fully saturated rings. The third kappa shape index (κ3) is 2.92. The molecular formula is C17H16BrN3O4S. The fraction of sp³-hybridized carbons (Fsp3) is 0.412. The van der Waals surface area contributed by atoms with E-state index in [9.17, 15) is 14.4 Å². The van der Waals surface area contributed by atoms with Crippen LogP contribution in [0.4, 0.5) is 0 Å². The first-order valence-electron chi connectivity index (χ1n) is 8.18. The molecule has 0 saturated carbocycles. The number of amides is 1. The van der Waals surface area contributed by atoms with E-state index < -0.39 is 12.0 Å². The maximum Gasteiger partial charge on any atom is 0.330 e. The van der Waals surface area contributed by atoms with Crippen LogP contribution in [0, 0.1) is 0 Å². The number of carbonyl (C=O) groups is 2. The van der Waals surface area contributed by atoms with Crippen LogP contribution in [0.15, 0.2) is 33.7 Å². The molecule has 0 radical (unpaired) electrons. The predicted molar refractivity (Wildman–Crippen MR) is 99.7 cm³/mol. The van der Waals surface area contributed by atoms with E-state index in [1.165, 1.54) is 10.5 Å². The number of aromatic nitrogens is 2. The third-order valence-corrected chi connectivity index (χ3v) is 6.73. The van der Waals surface area contributed by atoms with Gasteiger partial charge in [0.1, 0.15) is 18.3 Å². The van der Waals surface area contributed by atoms with Crippen molar-refractivity contribution in [1.82, 2.24) is 14.3 Å². The smallest absolute Gasteiger partial charge is 0.330 e. The second-order valence-corrected chi connectivity index (χ2v) is 8.95. The van der Waals surface area contributed by atoms with Crippen LogP contribution in [0.1, 0.15) is 25.5 Å². The molecule has 2 aliphatic rings. The van der Waals surface area contributed by atoms with E-state index in [1.807, 2.05) is 6.92 Å². The lowest BCUT2D eigenvalue weighted by Gasteiger charge is -2.29. The number of esters is 1. The van der Waals surface area contributed by atoms with Crippen molar-refractivity contribution in [3.63, 3.8) is 0 Å². The number of pyridine rings is 1. The lowest BCUT2D eigenvalue weighted by atomic mass is 10.2. The SMILES string of the molecule is C[C@]12CCC(=O)N1[C@H](C(=O)OCc1cc(=O)n3cc(Br)ccc3n1)CS2. The van der Waals surface area contributed by atoms with E-state index in [4.69, 9.17) is 4.74 Å². The highest BCUT2D eigenvalue weighted by molar-refractivity contribution is 9.10. The summed E-state index contributed by atoms with van der Waals surface area (Å²) in [6.07, 6.45) is 2.85. The molecule has 2 saturated heterocycles. The van der Waals surface area contributed by atoms with Crippen LogP contribution >= 0.6 is 27.7 Å². The Morgan fingerprint density at radius 2 is 2.27 bits per heavy atom. The molecule has 136 valence electrons. The Kier molecular flexibility index (Phi) is 4.31. The first-order chi connectivity index (χ1) is 12.4. The zero-order chi connectivity index (χ0) is 18.5. The lowest BCUT2D eigenvalue weighted by molar-refractivity contribution is -0.154. The largest absolute Gasteiger partial charge is 0.458 e. The highest BCUT2D eigenvalue weighted by Crippen LogP contribution is 2.47. The number of thioether (sulfide) groups is 1. The lowest BCUT2D eigenvalue weighted by Crippen LogP contribution is -2.46. The monoisotopic (exact) mass is 437 g/mol. The number of rotatable bonds is 3. The zero-order valence-corrected chi connectivity index (χ0v) is 16.4. The summed E-state index contributed by atoms with van der Waals surface area (Å²) in [6.45, 7) is 1.89. The fourth-order valence-corrected chi connectivity index (χ4v) is 5.19. The van der Waals surface area contributed by atoms with Gasteiger partial charge in [0.15, 0.2) is 0 Å². The topological polar surface area (TPSA) is 81.0 Å². The molecule has 0 aliphatic carbocycles. The molecule has 9 heteroatoms. The molecular weight excluding hydrogens is 422 g/mol. The molecule has 7 nitrogen and oxygen atoms in total. The standard InChI is InChI=1S/C17H16BrN3O4S/c1-17-5-4-14(22)21(17)12(9-26-17)16(24)25-8-11-6-15(23)20-7-10(18)2-3-13(20)19-11/h2-3,6-7,12H,4-5,8-9H2,1H3/t12-,17-/m0/s1. The van der Waals surface area contributed by atoms with Gasteiger partial charge in [-0.3, -0.25) is 14.0 Å². The van der Waals surface area contributed by atoms with E-state index in [-0.39, 0.29) is 22.9 Å². The first kappa shape index (κ1) is 17.5. The number of ether oxygens (including phenoxy) is 1. The Labute approximate surface area is 161 Å². The third-order valence-electron chi connectivity index (χ3n) is 4.76.